The molecule has 0 spiro atoms. The lowest BCUT2D eigenvalue weighted by molar-refractivity contribution is 0.0527. The van der Waals surface area contributed by atoms with Crippen LogP contribution in [-0.2, 0) is 4.74 Å². The second-order valence-electron chi connectivity index (χ2n) is 4.46. The fourth-order valence-electron chi connectivity index (χ4n) is 1.82. The van der Waals surface area contributed by atoms with E-state index in [-0.39, 0.29) is 17.9 Å². The average Bonchev–Trinajstić information content (AvgIpc) is 2.44. The lowest BCUT2D eigenvalue weighted by Crippen LogP contribution is -2.08. The Morgan fingerprint density at radius 3 is 2.67 bits per heavy atom. The highest BCUT2D eigenvalue weighted by Crippen LogP contribution is 2.34. The van der Waals surface area contributed by atoms with Gasteiger partial charge in [0.05, 0.1) is 12.2 Å². The summed E-state index contributed by atoms with van der Waals surface area (Å²) in [6.07, 6.45) is 0. The number of carbonyl (C=O) groups excluding carboxylic acids is 1. The monoisotopic (exact) mass is 305 g/mol. The lowest BCUT2D eigenvalue weighted by atomic mass is 10.2. The van der Waals surface area contributed by atoms with Gasteiger partial charge in [0, 0.05) is 15.5 Å². The van der Waals surface area contributed by atoms with Gasteiger partial charge in [-0.3, -0.25) is 0 Å². The van der Waals surface area contributed by atoms with Crippen molar-refractivity contribution in [3.05, 3.63) is 53.3 Å². The highest BCUT2D eigenvalue weighted by molar-refractivity contribution is 7.99. The minimum atomic E-state index is -0.540. The summed E-state index contributed by atoms with van der Waals surface area (Å²) in [6.45, 7) is 3.90. The summed E-state index contributed by atoms with van der Waals surface area (Å²) in [5.74, 6) is -0.990. The van der Waals surface area contributed by atoms with E-state index in [9.17, 15) is 9.18 Å². The molecule has 2 N–H and O–H groups in total. The van der Waals surface area contributed by atoms with Crippen LogP contribution >= 0.6 is 11.8 Å². The summed E-state index contributed by atoms with van der Waals surface area (Å²) >= 11 is 1.26. The molecule has 2 aromatic rings. The fourth-order valence-corrected chi connectivity index (χ4v) is 2.77. The Hall–Kier alpha value is -2.01. The van der Waals surface area contributed by atoms with Crippen molar-refractivity contribution in [2.24, 2.45) is 0 Å². The Balaban J connectivity index is 2.38. The second kappa shape index (κ2) is 6.63. The standard InChI is InChI=1S/C16H16FNO2S/c1-3-20-16(19)11-8-15(12(17)9-13(11)18)21-14-7-5-4-6-10(14)2/h4-9H,3,18H2,1-2H3. The van der Waals surface area contributed by atoms with E-state index >= 15 is 0 Å². The summed E-state index contributed by atoms with van der Waals surface area (Å²) in [4.78, 5) is 13.1. The van der Waals surface area contributed by atoms with E-state index in [1.807, 2.05) is 31.2 Å². The largest absolute Gasteiger partial charge is 0.462 e. The van der Waals surface area contributed by atoms with Crippen molar-refractivity contribution in [3.63, 3.8) is 0 Å². The Bertz CT molecular complexity index is 673. The first-order valence-corrected chi connectivity index (χ1v) is 7.34. The van der Waals surface area contributed by atoms with Crippen LogP contribution < -0.4 is 5.73 Å². The molecule has 0 atom stereocenters. The van der Waals surface area contributed by atoms with E-state index in [0.717, 1.165) is 16.5 Å². The van der Waals surface area contributed by atoms with Gasteiger partial charge in [-0.05, 0) is 37.6 Å². The quantitative estimate of drug-likeness (QED) is 0.684. The third-order valence-electron chi connectivity index (χ3n) is 2.91. The Morgan fingerprint density at radius 2 is 2.00 bits per heavy atom. The molecule has 0 aromatic heterocycles. The number of halogens is 1. The fraction of sp³-hybridized carbons (Fsp3) is 0.188. The second-order valence-corrected chi connectivity index (χ2v) is 5.54. The molecule has 0 saturated heterocycles. The van der Waals surface area contributed by atoms with Crippen LogP contribution in [0, 0.1) is 12.7 Å². The highest BCUT2D eigenvalue weighted by Gasteiger charge is 2.16. The molecule has 5 heteroatoms. The van der Waals surface area contributed by atoms with Crippen LogP contribution in [0.4, 0.5) is 10.1 Å². The van der Waals surface area contributed by atoms with Gasteiger partial charge in [-0.15, -0.1) is 0 Å². The molecule has 3 nitrogen and oxygen atoms in total. The summed E-state index contributed by atoms with van der Waals surface area (Å²) in [7, 11) is 0. The van der Waals surface area contributed by atoms with Gasteiger partial charge in [-0.25, -0.2) is 9.18 Å². The van der Waals surface area contributed by atoms with Gasteiger partial charge in [0.15, 0.2) is 0 Å². The van der Waals surface area contributed by atoms with Crippen molar-refractivity contribution in [2.75, 3.05) is 12.3 Å². The van der Waals surface area contributed by atoms with Crippen LogP contribution in [-0.4, -0.2) is 12.6 Å². The van der Waals surface area contributed by atoms with E-state index in [2.05, 4.69) is 0 Å². The van der Waals surface area contributed by atoms with Gasteiger partial charge in [0.2, 0.25) is 0 Å². The molecule has 0 amide bonds. The predicted octanol–water partition coefficient (Wildman–Crippen LogP) is 4.04. The Kier molecular flexibility index (Phi) is 4.85. The minimum absolute atomic E-state index is 0.0834. The van der Waals surface area contributed by atoms with Crippen molar-refractivity contribution < 1.29 is 13.9 Å². The average molecular weight is 305 g/mol. The highest BCUT2D eigenvalue weighted by atomic mass is 32.2. The number of nitrogens with two attached hydrogens (primary N) is 1. The minimum Gasteiger partial charge on any atom is -0.462 e. The van der Waals surface area contributed by atoms with Crippen LogP contribution in [0.3, 0.4) is 0 Å². The maximum absolute atomic E-state index is 14.0. The van der Waals surface area contributed by atoms with Gasteiger partial charge >= 0.3 is 5.97 Å². The molecule has 2 aromatic carbocycles. The van der Waals surface area contributed by atoms with Gasteiger partial charge in [0.1, 0.15) is 5.82 Å². The van der Waals surface area contributed by atoms with Crippen LogP contribution in [0.5, 0.6) is 0 Å². The summed E-state index contributed by atoms with van der Waals surface area (Å²) in [5.41, 5.74) is 7.01. The molecule has 0 aliphatic rings. The molecule has 0 heterocycles. The third kappa shape index (κ3) is 3.55. The van der Waals surface area contributed by atoms with Gasteiger partial charge in [-0.1, -0.05) is 30.0 Å². The summed E-state index contributed by atoms with van der Waals surface area (Å²) < 4.78 is 19.0. The molecule has 0 unspecified atom stereocenters. The zero-order chi connectivity index (χ0) is 15.4. The van der Waals surface area contributed by atoms with Crippen LogP contribution in [0.25, 0.3) is 0 Å². The van der Waals surface area contributed by atoms with E-state index in [1.54, 1.807) is 6.92 Å². The molecule has 110 valence electrons. The molecule has 0 radical (unpaired) electrons. The van der Waals surface area contributed by atoms with Gasteiger partial charge in [-0.2, -0.15) is 0 Å². The van der Waals surface area contributed by atoms with Gasteiger partial charge in [0.25, 0.3) is 0 Å². The first kappa shape index (κ1) is 15.4. The maximum Gasteiger partial charge on any atom is 0.340 e. The number of aryl methyl sites for hydroxylation is 1. The number of ether oxygens (including phenoxy) is 1. The molecule has 0 bridgehead atoms. The number of anilines is 1. The molecule has 0 aliphatic carbocycles. The normalized spacial score (nSPS) is 10.4. The number of rotatable bonds is 4. The van der Waals surface area contributed by atoms with Crippen molar-refractivity contribution >= 4 is 23.4 Å². The first-order chi connectivity index (χ1) is 10.0. The first-order valence-electron chi connectivity index (χ1n) is 6.52. The van der Waals surface area contributed by atoms with E-state index in [4.69, 9.17) is 10.5 Å². The van der Waals surface area contributed by atoms with Crippen molar-refractivity contribution in [1.29, 1.82) is 0 Å². The zero-order valence-electron chi connectivity index (χ0n) is 11.9. The molecular formula is C16H16FNO2S. The van der Waals surface area contributed by atoms with Gasteiger partial charge < -0.3 is 10.5 Å². The number of benzene rings is 2. The van der Waals surface area contributed by atoms with Crippen LogP contribution in [0.15, 0.2) is 46.2 Å². The van der Waals surface area contributed by atoms with E-state index < -0.39 is 11.8 Å². The van der Waals surface area contributed by atoms with Crippen molar-refractivity contribution in [3.8, 4) is 0 Å². The topological polar surface area (TPSA) is 52.3 Å². The smallest absolute Gasteiger partial charge is 0.340 e. The number of nitrogen functional groups attached to an aromatic ring is 1. The Labute approximate surface area is 127 Å². The SMILES string of the molecule is CCOC(=O)c1cc(Sc2ccccc2C)c(F)cc1N. The number of carbonyl (C=O) groups is 1. The van der Waals surface area contributed by atoms with Crippen molar-refractivity contribution in [1.82, 2.24) is 0 Å². The number of hydrogen-bond donors (Lipinski definition) is 1. The summed E-state index contributed by atoms with van der Waals surface area (Å²) in [6, 6.07) is 10.3. The molecule has 0 saturated carbocycles. The Morgan fingerprint density at radius 1 is 1.29 bits per heavy atom. The lowest BCUT2D eigenvalue weighted by Gasteiger charge is -2.10. The van der Waals surface area contributed by atoms with E-state index in [0.29, 0.717) is 4.90 Å². The molecule has 0 fully saturated rings. The molecular weight excluding hydrogens is 289 g/mol. The summed E-state index contributed by atoms with van der Waals surface area (Å²) in [5, 5.41) is 0. The number of hydrogen-bond acceptors (Lipinski definition) is 4. The van der Waals surface area contributed by atoms with Crippen LogP contribution in [0.1, 0.15) is 22.8 Å². The van der Waals surface area contributed by atoms with Crippen molar-refractivity contribution in [2.45, 2.75) is 23.6 Å². The molecule has 21 heavy (non-hydrogen) atoms. The maximum atomic E-state index is 14.0. The van der Waals surface area contributed by atoms with E-state index in [1.165, 1.54) is 17.8 Å². The number of esters is 1. The molecule has 0 aliphatic heterocycles. The third-order valence-corrected chi connectivity index (χ3v) is 4.12. The molecule has 2 rings (SSSR count). The zero-order valence-corrected chi connectivity index (χ0v) is 12.7. The van der Waals surface area contributed by atoms with Crippen LogP contribution in [0.2, 0.25) is 0 Å². The predicted molar refractivity (Wildman–Crippen MR) is 82.1 cm³/mol.